The Labute approximate surface area is 184 Å². The monoisotopic (exact) mass is 408 g/mol. The predicted octanol–water partition coefficient (Wildman–Crippen LogP) is 9.61. The molecule has 0 unspecified atom stereocenters. The Kier molecular flexibility index (Phi) is 18.5. The summed E-state index contributed by atoms with van der Waals surface area (Å²) < 4.78 is 0. The second kappa shape index (κ2) is 19.9. The summed E-state index contributed by atoms with van der Waals surface area (Å²) in [6.45, 7) is 4.58. The highest BCUT2D eigenvalue weighted by atomic mass is 16.3. The number of unbranched alkanes of at least 4 members (excludes halogenated alkanes) is 15. The van der Waals surface area contributed by atoms with Crippen molar-refractivity contribution >= 4 is 0 Å². The summed E-state index contributed by atoms with van der Waals surface area (Å²) >= 11 is 0. The molecule has 0 heterocycles. The van der Waals surface area contributed by atoms with Crippen LogP contribution in [0.2, 0.25) is 0 Å². The molecule has 3 atom stereocenters. The summed E-state index contributed by atoms with van der Waals surface area (Å²) in [4.78, 5) is 0. The van der Waals surface area contributed by atoms with Gasteiger partial charge in [-0.2, -0.15) is 0 Å². The Balaban J connectivity index is 1.75. The third-order valence-electron chi connectivity index (χ3n) is 7.25. The van der Waals surface area contributed by atoms with E-state index in [1.807, 2.05) is 0 Å². The molecule has 0 saturated heterocycles. The third kappa shape index (κ3) is 17.3. The maximum absolute atomic E-state index is 10.1. The highest BCUT2D eigenvalue weighted by molar-refractivity contribution is 4.85. The molecule has 1 fully saturated rings. The molecule has 1 nitrogen and oxygen atoms in total. The van der Waals surface area contributed by atoms with E-state index in [0.29, 0.717) is 0 Å². The van der Waals surface area contributed by atoms with Gasteiger partial charge in [-0.05, 0) is 31.1 Å². The van der Waals surface area contributed by atoms with E-state index in [1.165, 1.54) is 128 Å². The molecule has 0 bridgehead atoms. The first-order chi connectivity index (χ1) is 14.3. The summed E-state index contributed by atoms with van der Waals surface area (Å²) in [6, 6.07) is 0. The zero-order valence-corrected chi connectivity index (χ0v) is 20.4. The van der Waals surface area contributed by atoms with Gasteiger partial charge in [0.2, 0.25) is 0 Å². The first-order valence-electron chi connectivity index (χ1n) is 14.0. The van der Waals surface area contributed by atoms with Crippen LogP contribution in [0.5, 0.6) is 0 Å². The highest BCUT2D eigenvalue weighted by Crippen LogP contribution is 2.45. The zero-order chi connectivity index (χ0) is 21.0. The molecule has 1 aliphatic rings. The van der Waals surface area contributed by atoms with Crippen molar-refractivity contribution in [1.29, 1.82) is 0 Å². The molecule has 1 rings (SSSR count). The standard InChI is InChI=1S/C28H56O/c1-3-5-7-9-11-15-19-23-28(29)24-20-16-12-14-18-22-27-25-26(27)21-17-13-10-8-6-4-2/h26-29H,3-25H2,1-2H3/t26-,27+,28-/m0/s1. The van der Waals surface area contributed by atoms with Crippen LogP contribution < -0.4 is 0 Å². The van der Waals surface area contributed by atoms with Crippen LogP contribution >= 0.6 is 0 Å². The van der Waals surface area contributed by atoms with Crippen molar-refractivity contribution in [3.63, 3.8) is 0 Å². The van der Waals surface area contributed by atoms with Gasteiger partial charge < -0.3 is 5.11 Å². The Morgan fingerprint density at radius 2 is 0.862 bits per heavy atom. The summed E-state index contributed by atoms with van der Waals surface area (Å²) in [5.74, 6) is 2.19. The van der Waals surface area contributed by atoms with Crippen LogP contribution in [0.1, 0.15) is 162 Å². The Morgan fingerprint density at radius 1 is 0.517 bits per heavy atom. The lowest BCUT2D eigenvalue weighted by Crippen LogP contribution is -2.05. The number of hydrogen-bond acceptors (Lipinski definition) is 1. The molecule has 0 aliphatic heterocycles. The lowest BCUT2D eigenvalue weighted by molar-refractivity contribution is 0.147. The lowest BCUT2D eigenvalue weighted by atomic mass is 10.0. The van der Waals surface area contributed by atoms with Crippen molar-refractivity contribution in [3.8, 4) is 0 Å². The molecule has 0 aromatic carbocycles. The van der Waals surface area contributed by atoms with Gasteiger partial charge in [-0.3, -0.25) is 0 Å². The molecular weight excluding hydrogens is 352 g/mol. The van der Waals surface area contributed by atoms with Gasteiger partial charge in [-0.15, -0.1) is 0 Å². The lowest BCUT2D eigenvalue weighted by Gasteiger charge is -2.10. The number of hydrogen-bond donors (Lipinski definition) is 1. The minimum atomic E-state index is -0.0279. The Bertz CT molecular complexity index is 320. The molecule has 0 radical (unpaired) electrons. The van der Waals surface area contributed by atoms with Gasteiger partial charge >= 0.3 is 0 Å². The van der Waals surface area contributed by atoms with Gasteiger partial charge in [0.25, 0.3) is 0 Å². The molecule has 0 spiro atoms. The summed E-state index contributed by atoms with van der Waals surface area (Å²) in [7, 11) is 0. The van der Waals surface area contributed by atoms with E-state index in [4.69, 9.17) is 0 Å². The normalized spacial score (nSPS) is 19.6. The first-order valence-corrected chi connectivity index (χ1v) is 14.0. The first kappa shape index (κ1) is 27.0. The van der Waals surface area contributed by atoms with Crippen molar-refractivity contribution < 1.29 is 5.11 Å². The van der Waals surface area contributed by atoms with Gasteiger partial charge in [0, 0.05) is 0 Å². The van der Waals surface area contributed by atoms with Crippen molar-refractivity contribution in [1.82, 2.24) is 0 Å². The van der Waals surface area contributed by atoms with Crippen LogP contribution in [0, 0.1) is 11.8 Å². The SMILES string of the molecule is CCCCCCCCC[C@H](O)CCCCCCC[C@@H]1C[C@@H]1CCCCCCCC. The largest absolute Gasteiger partial charge is 0.393 e. The van der Waals surface area contributed by atoms with Crippen molar-refractivity contribution in [2.75, 3.05) is 0 Å². The van der Waals surface area contributed by atoms with E-state index >= 15 is 0 Å². The quantitative estimate of drug-likeness (QED) is 0.167. The van der Waals surface area contributed by atoms with Crippen LogP contribution in [0.15, 0.2) is 0 Å². The average Bonchev–Trinajstić information content (AvgIpc) is 3.47. The summed E-state index contributed by atoms with van der Waals surface area (Å²) in [5, 5.41) is 10.1. The Morgan fingerprint density at radius 3 is 1.28 bits per heavy atom. The van der Waals surface area contributed by atoms with E-state index < -0.39 is 0 Å². The topological polar surface area (TPSA) is 20.2 Å². The fourth-order valence-corrected chi connectivity index (χ4v) is 5.00. The minimum absolute atomic E-state index is 0.0279. The van der Waals surface area contributed by atoms with E-state index in [9.17, 15) is 5.11 Å². The fourth-order valence-electron chi connectivity index (χ4n) is 5.00. The third-order valence-corrected chi connectivity index (χ3v) is 7.25. The molecule has 1 N–H and O–H groups in total. The Hall–Kier alpha value is -0.0400. The molecule has 1 heteroatoms. The molecule has 0 aromatic heterocycles. The molecule has 0 aromatic rings. The van der Waals surface area contributed by atoms with Crippen LogP contribution in [0.3, 0.4) is 0 Å². The van der Waals surface area contributed by atoms with E-state index in [-0.39, 0.29) is 6.10 Å². The number of aliphatic hydroxyl groups excluding tert-OH is 1. The van der Waals surface area contributed by atoms with Crippen molar-refractivity contribution in [2.45, 2.75) is 168 Å². The van der Waals surface area contributed by atoms with Gasteiger partial charge in [0.15, 0.2) is 0 Å². The zero-order valence-electron chi connectivity index (χ0n) is 20.4. The van der Waals surface area contributed by atoms with Gasteiger partial charge in [-0.1, -0.05) is 142 Å². The molecule has 29 heavy (non-hydrogen) atoms. The van der Waals surface area contributed by atoms with Gasteiger partial charge in [-0.25, -0.2) is 0 Å². The molecule has 1 saturated carbocycles. The average molecular weight is 409 g/mol. The molecule has 0 amide bonds. The van der Waals surface area contributed by atoms with E-state index in [1.54, 1.807) is 6.42 Å². The maximum Gasteiger partial charge on any atom is 0.0540 e. The minimum Gasteiger partial charge on any atom is -0.393 e. The van der Waals surface area contributed by atoms with Crippen LogP contribution in [0.4, 0.5) is 0 Å². The van der Waals surface area contributed by atoms with Crippen molar-refractivity contribution in [2.24, 2.45) is 11.8 Å². The highest BCUT2D eigenvalue weighted by Gasteiger charge is 2.34. The van der Waals surface area contributed by atoms with Crippen LogP contribution in [-0.4, -0.2) is 11.2 Å². The second-order valence-electron chi connectivity index (χ2n) is 10.2. The van der Waals surface area contributed by atoms with E-state index in [2.05, 4.69) is 13.8 Å². The van der Waals surface area contributed by atoms with Gasteiger partial charge in [0.05, 0.1) is 6.10 Å². The summed E-state index contributed by atoms with van der Waals surface area (Å²) in [5.41, 5.74) is 0. The maximum atomic E-state index is 10.1. The predicted molar refractivity (Wildman–Crippen MR) is 131 cm³/mol. The number of aliphatic hydroxyl groups is 1. The van der Waals surface area contributed by atoms with Crippen LogP contribution in [0.25, 0.3) is 0 Å². The van der Waals surface area contributed by atoms with Crippen molar-refractivity contribution in [3.05, 3.63) is 0 Å². The molecule has 174 valence electrons. The van der Waals surface area contributed by atoms with Crippen LogP contribution in [-0.2, 0) is 0 Å². The smallest absolute Gasteiger partial charge is 0.0540 e. The molecule has 1 aliphatic carbocycles. The van der Waals surface area contributed by atoms with E-state index in [0.717, 1.165) is 24.7 Å². The second-order valence-corrected chi connectivity index (χ2v) is 10.2. The fraction of sp³-hybridized carbons (Fsp3) is 1.00. The molecular formula is C28H56O. The number of rotatable bonds is 23. The summed E-state index contributed by atoms with van der Waals surface area (Å²) in [6.07, 6.45) is 31.6. The van der Waals surface area contributed by atoms with Gasteiger partial charge in [0.1, 0.15) is 0 Å².